The summed E-state index contributed by atoms with van der Waals surface area (Å²) in [6, 6.07) is 18.9. The van der Waals surface area contributed by atoms with Gasteiger partial charge in [-0.05, 0) is 58.3 Å². The number of halogens is 1. The van der Waals surface area contributed by atoms with Crippen LogP contribution in [0.25, 0.3) is 17.2 Å². The molecule has 1 fully saturated rings. The van der Waals surface area contributed by atoms with Crippen LogP contribution in [0.5, 0.6) is 17.2 Å². The predicted octanol–water partition coefficient (Wildman–Crippen LogP) is 5.98. The fourth-order valence-corrected chi connectivity index (χ4v) is 4.66. The molecule has 1 saturated heterocycles. The Morgan fingerprint density at radius 3 is 2.55 bits per heavy atom. The standard InChI is InChI=1S/C25H18ClNO5S/c1-30-19-4-2-3-17(10-19)16-7-5-15(6-8-16)9-23-24(28)27(25(29)33-23)13-18-11-21-22(12-20(18)26)32-14-31-21/h2-12H,13-14H2,1H3. The highest BCUT2D eigenvalue weighted by Crippen LogP contribution is 2.39. The van der Waals surface area contributed by atoms with Gasteiger partial charge in [0.05, 0.1) is 18.6 Å². The highest BCUT2D eigenvalue weighted by molar-refractivity contribution is 8.18. The zero-order valence-electron chi connectivity index (χ0n) is 17.5. The molecule has 2 heterocycles. The maximum Gasteiger partial charge on any atom is 0.293 e. The summed E-state index contributed by atoms with van der Waals surface area (Å²) in [6.45, 7) is 0.183. The number of thioether (sulfide) groups is 1. The highest BCUT2D eigenvalue weighted by Gasteiger charge is 2.35. The molecule has 0 radical (unpaired) electrons. The Labute approximate surface area is 199 Å². The van der Waals surface area contributed by atoms with E-state index >= 15 is 0 Å². The van der Waals surface area contributed by atoms with Crippen LogP contribution in [0.2, 0.25) is 5.02 Å². The zero-order valence-corrected chi connectivity index (χ0v) is 19.1. The number of nitrogens with zero attached hydrogens (tertiary/aromatic N) is 1. The van der Waals surface area contributed by atoms with Crippen LogP contribution in [0.1, 0.15) is 11.1 Å². The van der Waals surface area contributed by atoms with Crippen LogP contribution in [0.4, 0.5) is 4.79 Å². The van der Waals surface area contributed by atoms with Gasteiger partial charge in [0.15, 0.2) is 11.5 Å². The second-order valence-corrected chi connectivity index (χ2v) is 8.82. The Hall–Kier alpha value is -3.42. The van der Waals surface area contributed by atoms with Crippen molar-refractivity contribution in [1.82, 2.24) is 4.90 Å². The van der Waals surface area contributed by atoms with Gasteiger partial charge in [-0.3, -0.25) is 14.5 Å². The molecule has 2 aliphatic rings. The minimum atomic E-state index is -0.351. The van der Waals surface area contributed by atoms with Gasteiger partial charge >= 0.3 is 0 Å². The average molecular weight is 480 g/mol. The molecule has 5 rings (SSSR count). The molecule has 2 amide bonds. The van der Waals surface area contributed by atoms with Gasteiger partial charge in [0.2, 0.25) is 6.79 Å². The van der Waals surface area contributed by atoms with Gasteiger partial charge in [-0.25, -0.2) is 0 Å². The normalized spacial score (nSPS) is 16.1. The molecule has 166 valence electrons. The molecule has 0 aliphatic carbocycles. The first-order valence-electron chi connectivity index (χ1n) is 10.1. The van der Waals surface area contributed by atoms with Crippen LogP contribution in [-0.2, 0) is 11.3 Å². The smallest absolute Gasteiger partial charge is 0.293 e. The van der Waals surface area contributed by atoms with Crippen molar-refractivity contribution in [3.63, 3.8) is 0 Å². The van der Waals surface area contributed by atoms with Crippen LogP contribution in [0.15, 0.2) is 65.6 Å². The summed E-state index contributed by atoms with van der Waals surface area (Å²) in [4.78, 5) is 27.0. The maximum absolute atomic E-state index is 12.9. The SMILES string of the molecule is COc1cccc(-c2ccc(C=C3SC(=O)N(Cc4cc5c(cc4Cl)OCO5)C3=O)cc2)c1. The lowest BCUT2D eigenvalue weighted by Crippen LogP contribution is -2.27. The van der Waals surface area contributed by atoms with Crippen LogP contribution in [0.3, 0.4) is 0 Å². The van der Waals surface area contributed by atoms with Crippen molar-refractivity contribution in [2.24, 2.45) is 0 Å². The lowest BCUT2D eigenvalue weighted by molar-refractivity contribution is -0.123. The first kappa shape index (κ1) is 21.4. The minimum Gasteiger partial charge on any atom is -0.497 e. The number of rotatable bonds is 5. The largest absolute Gasteiger partial charge is 0.497 e. The summed E-state index contributed by atoms with van der Waals surface area (Å²) in [6.07, 6.45) is 1.72. The van der Waals surface area contributed by atoms with Gasteiger partial charge in [-0.15, -0.1) is 0 Å². The van der Waals surface area contributed by atoms with Crippen LogP contribution >= 0.6 is 23.4 Å². The molecular formula is C25H18ClNO5S. The summed E-state index contributed by atoms with van der Waals surface area (Å²) in [5.41, 5.74) is 3.50. The number of methoxy groups -OCH3 is 1. The quantitative estimate of drug-likeness (QED) is 0.419. The fraction of sp³-hybridized carbons (Fsp3) is 0.120. The molecular weight excluding hydrogens is 462 g/mol. The summed E-state index contributed by atoms with van der Waals surface area (Å²) >= 11 is 7.23. The summed E-state index contributed by atoms with van der Waals surface area (Å²) in [7, 11) is 1.63. The van der Waals surface area contributed by atoms with Crippen molar-refractivity contribution in [3.05, 3.63) is 81.7 Å². The van der Waals surface area contributed by atoms with Gasteiger partial charge in [-0.1, -0.05) is 48.0 Å². The van der Waals surface area contributed by atoms with Crippen LogP contribution < -0.4 is 14.2 Å². The van der Waals surface area contributed by atoms with Crippen molar-refractivity contribution in [2.75, 3.05) is 13.9 Å². The van der Waals surface area contributed by atoms with E-state index in [1.807, 2.05) is 48.5 Å². The van der Waals surface area contributed by atoms with E-state index in [0.29, 0.717) is 27.0 Å². The molecule has 0 spiro atoms. The number of amides is 2. The Balaban J connectivity index is 1.34. The third-order valence-electron chi connectivity index (χ3n) is 5.36. The molecule has 0 atom stereocenters. The number of benzene rings is 3. The maximum atomic E-state index is 12.9. The Kier molecular flexibility index (Phi) is 5.74. The molecule has 3 aromatic carbocycles. The number of hydrogen-bond donors (Lipinski definition) is 0. The van der Waals surface area contributed by atoms with Crippen molar-refractivity contribution in [3.8, 4) is 28.4 Å². The summed E-state index contributed by atoms with van der Waals surface area (Å²) in [5, 5.41) is 0.0726. The van der Waals surface area contributed by atoms with Crippen LogP contribution in [0, 0.1) is 0 Å². The molecule has 0 aromatic heterocycles. The lowest BCUT2D eigenvalue weighted by atomic mass is 10.0. The number of fused-ring (bicyclic) bond motifs is 1. The predicted molar refractivity (Wildman–Crippen MR) is 128 cm³/mol. The van der Waals surface area contributed by atoms with Gasteiger partial charge in [0.25, 0.3) is 11.1 Å². The Morgan fingerprint density at radius 2 is 1.79 bits per heavy atom. The Morgan fingerprint density at radius 1 is 1.03 bits per heavy atom. The van der Waals surface area contributed by atoms with E-state index in [1.54, 1.807) is 25.3 Å². The molecule has 2 aliphatic heterocycles. The summed E-state index contributed by atoms with van der Waals surface area (Å²) < 4.78 is 16.0. The van der Waals surface area contributed by atoms with Crippen molar-refractivity contribution in [2.45, 2.75) is 6.54 Å². The van der Waals surface area contributed by atoms with Gasteiger partial charge in [0, 0.05) is 11.1 Å². The third kappa shape index (κ3) is 4.29. The third-order valence-corrected chi connectivity index (χ3v) is 6.61. The van der Waals surface area contributed by atoms with Gasteiger partial charge < -0.3 is 14.2 Å². The Bertz CT molecular complexity index is 1290. The monoisotopic (exact) mass is 479 g/mol. The number of imide groups is 1. The van der Waals surface area contributed by atoms with Crippen molar-refractivity contribution in [1.29, 1.82) is 0 Å². The molecule has 33 heavy (non-hydrogen) atoms. The van der Waals surface area contributed by atoms with E-state index in [2.05, 4.69) is 0 Å². The van der Waals surface area contributed by atoms with E-state index in [1.165, 1.54) is 4.90 Å². The molecule has 0 bridgehead atoms. The minimum absolute atomic E-state index is 0.0618. The van der Waals surface area contributed by atoms with Crippen molar-refractivity contribution >= 4 is 40.6 Å². The average Bonchev–Trinajstić information content (AvgIpc) is 3.38. The summed E-state index contributed by atoms with van der Waals surface area (Å²) in [5.74, 6) is 1.53. The number of carbonyl (C=O) groups is 2. The molecule has 8 heteroatoms. The van der Waals surface area contributed by atoms with E-state index < -0.39 is 0 Å². The van der Waals surface area contributed by atoms with Gasteiger partial charge in [0.1, 0.15) is 5.75 Å². The highest BCUT2D eigenvalue weighted by atomic mass is 35.5. The zero-order chi connectivity index (χ0) is 22.9. The van der Waals surface area contributed by atoms with Gasteiger partial charge in [-0.2, -0.15) is 0 Å². The lowest BCUT2D eigenvalue weighted by Gasteiger charge is -2.14. The number of ether oxygens (including phenoxy) is 3. The van der Waals surface area contributed by atoms with Crippen molar-refractivity contribution < 1.29 is 23.8 Å². The first-order valence-corrected chi connectivity index (χ1v) is 11.3. The number of hydrogen-bond acceptors (Lipinski definition) is 6. The molecule has 0 N–H and O–H groups in total. The van der Waals surface area contributed by atoms with E-state index in [4.69, 9.17) is 25.8 Å². The second-order valence-electron chi connectivity index (χ2n) is 7.42. The van der Waals surface area contributed by atoms with E-state index in [-0.39, 0.29) is 24.5 Å². The first-order chi connectivity index (χ1) is 16.0. The van der Waals surface area contributed by atoms with E-state index in [0.717, 1.165) is 34.2 Å². The second kappa shape index (κ2) is 8.84. The molecule has 6 nitrogen and oxygen atoms in total. The topological polar surface area (TPSA) is 65.1 Å². The van der Waals surface area contributed by atoms with E-state index in [9.17, 15) is 9.59 Å². The molecule has 0 unspecified atom stereocenters. The fourth-order valence-electron chi connectivity index (χ4n) is 3.61. The molecule has 0 saturated carbocycles. The van der Waals surface area contributed by atoms with Crippen LogP contribution in [-0.4, -0.2) is 29.9 Å². The number of carbonyl (C=O) groups excluding carboxylic acids is 2. The molecule has 3 aromatic rings.